The van der Waals surface area contributed by atoms with E-state index in [0.717, 1.165) is 42.0 Å². The molecule has 2 aromatic carbocycles. The molecule has 0 saturated heterocycles. The van der Waals surface area contributed by atoms with E-state index in [4.69, 9.17) is 4.98 Å². The largest absolute Gasteiger partial charge is 0.303 e. The van der Waals surface area contributed by atoms with E-state index in [0.29, 0.717) is 11.5 Å². The Labute approximate surface area is 185 Å². The maximum Gasteiger partial charge on any atom is 0.174 e. The highest BCUT2D eigenvalue weighted by atomic mass is 19.1. The van der Waals surface area contributed by atoms with E-state index in [1.165, 1.54) is 18.2 Å². The first kappa shape index (κ1) is 20.3. The Morgan fingerprint density at radius 2 is 1.88 bits per heavy atom. The molecule has 0 amide bonds. The van der Waals surface area contributed by atoms with Crippen molar-refractivity contribution in [1.29, 1.82) is 0 Å². The van der Waals surface area contributed by atoms with Gasteiger partial charge in [0.25, 0.3) is 0 Å². The number of aryl methyl sites for hydroxylation is 2. The molecule has 5 nitrogen and oxygen atoms in total. The van der Waals surface area contributed by atoms with Crippen molar-refractivity contribution in [3.8, 4) is 5.69 Å². The standard InChI is InChI=1S/C25H23F2N5/c1-17-15-31(16-28-17)22-10-4-18(14-21(22)27)5-11-23-29-24-25(2,12-3-13-32(24)30-23)19-6-8-20(26)9-7-19/h4-11,14-16H,3,12-13H2,1-2H3/b11-5+/t25-/m1/s1. The first-order chi connectivity index (χ1) is 15.4. The molecule has 0 aliphatic carbocycles. The predicted octanol–water partition coefficient (Wildman–Crippen LogP) is 5.32. The molecule has 3 heterocycles. The monoisotopic (exact) mass is 431 g/mol. The number of halogens is 2. The van der Waals surface area contributed by atoms with Gasteiger partial charge in [0.15, 0.2) is 5.82 Å². The molecule has 0 unspecified atom stereocenters. The van der Waals surface area contributed by atoms with Crippen LogP contribution in [0.25, 0.3) is 17.8 Å². The number of benzene rings is 2. The van der Waals surface area contributed by atoms with Crippen LogP contribution in [0.5, 0.6) is 0 Å². The van der Waals surface area contributed by atoms with Gasteiger partial charge in [0.1, 0.15) is 17.5 Å². The fourth-order valence-corrected chi connectivity index (χ4v) is 4.34. The molecule has 4 aromatic rings. The lowest BCUT2D eigenvalue weighted by Crippen LogP contribution is -2.33. The highest BCUT2D eigenvalue weighted by Gasteiger charge is 2.37. The van der Waals surface area contributed by atoms with Gasteiger partial charge in [0.05, 0.1) is 23.1 Å². The zero-order valence-electron chi connectivity index (χ0n) is 18.0. The van der Waals surface area contributed by atoms with Crippen molar-refractivity contribution in [2.75, 3.05) is 0 Å². The summed E-state index contributed by atoms with van der Waals surface area (Å²) >= 11 is 0. The third-order valence-electron chi connectivity index (χ3n) is 6.10. The van der Waals surface area contributed by atoms with Crippen LogP contribution < -0.4 is 0 Å². The van der Waals surface area contributed by atoms with Crippen molar-refractivity contribution in [2.24, 2.45) is 0 Å². The molecule has 0 fully saturated rings. The molecule has 0 spiro atoms. The maximum absolute atomic E-state index is 14.6. The molecule has 2 aromatic heterocycles. The van der Waals surface area contributed by atoms with Crippen LogP contribution in [0.3, 0.4) is 0 Å². The predicted molar refractivity (Wildman–Crippen MR) is 119 cm³/mol. The van der Waals surface area contributed by atoms with E-state index in [9.17, 15) is 8.78 Å². The summed E-state index contributed by atoms with van der Waals surface area (Å²) in [6, 6.07) is 11.7. The van der Waals surface area contributed by atoms with Crippen LogP contribution in [-0.4, -0.2) is 24.3 Å². The fourth-order valence-electron chi connectivity index (χ4n) is 4.34. The molecule has 0 bridgehead atoms. The van der Waals surface area contributed by atoms with Crippen LogP contribution in [0, 0.1) is 18.6 Å². The summed E-state index contributed by atoms with van der Waals surface area (Å²) in [6.07, 6.45) is 8.87. The van der Waals surface area contributed by atoms with Crippen molar-refractivity contribution in [1.82, 2.24) is 24.3 Å². The number of aromatic nitrogens is 5. The molecule has 7 heteroatoms. The molecular formula is C25H23F2N5. The van der Waals surface area contributed by atoms with Crippen LogP contribution in [0.4, 0.5) is 8.78 Å². The van der Waals surface area contributed by atoms with Gasteiger partial charge in [-0.05, 0) is 68.2 Å². The second kappa shape index (κ2) is 7.82. The van der Waals surface area contributed by atoms with Gasteiger partial charge in [-0.15, -0.1) is 0 Å². The lowest BCUT2D eigenvalue weighted by molar-refractivity contribution is 0.357. The van der Waals surface area contributed by atoms with E-state index in [1.54, 1.807) is 29.2 Å². The fraction of sp³-hybridized carbons (Fsp3) is 0.240. The van der Waals surface area contributed by atoms with Crippen molar-refractivity contribution in [3.05, 3.63) is 95.1 Å². The van der Waals surface area contributed by atoms with Gasteiger partial charge in [0, 0.05) is 12.7 Å². The normalized spacial score (nSPS) is 18.2. The molecular weight excluding hydrogens is 408 g/mol. The van der Waals surface area contributed by atoms with Gasteiger partial charge in [-0.25, -0.2) is 23.4 Å². The zero-order valence-corrected chi connectivity index (χ0v) is 18.0. The van der Waals surface area contributed by atoms with Gasteiger partial charge >= 0.3 is 0 Å². The summed E-state index contributed by atoms with van der Waals surface area (Å²) in [6.45, 7) is 4.78. The molecule has 5 rings (SSSR count). The molecule has 1 aliphatic heterocycles. The Bertz CT molecular complexity index is 1300. The maximum atomic E-state index is 14.6. The first-order valence-electron chi connectivity index (χ1n) is 10.6. The number of hydrogen-bond acceptors (Lipinski definition) is 3. The third-order valence-corrected chi connectivity index (χ3v) is 6.10. The second-order valence-corrected chi connectivity index (χ2v) is 8.43. The van der Waals surface area contributed by atoms with Gasteiger partial charge < -0.3 is 4.57 Å². The first-order valence-corrected chi connectivity index (χ1v) is 10.6. The number of nitrogens with zero attached hydrogens (tertiary/aromatic N) is 5. The van der Waals surface area contributed by atoms with E-state index in [1.807, 2.05) is 35.9 Å². The zero-order chi connectivity index (χ0) is 22.3. The average Bonchev–Trinajstić information content (AvgIpc) is 3.40. The molecule has 0 radical (unpaired) electrons. The molecule has 0 saturated carbocycles. The summed E-state index contributed by atoms with van der Waals surface area (Å²) in [4.78, 5) is 8.92. The number of rotatable bonds is 4. The molecule has 0 N–H and O–H groups in total. The summed E-state index contributed by atoms with van der Waals surface area (Å²) in [5.41, 5.74) is 2.69. The molecule has 1 aliphatic rings. The second-order valence-electron chi connectivity index (χ2n) is 8.43. The Hall–Kier alpha value is -3.61. The summed E-state index contributed by atoms with van der Waals surface area (Å²) < 4.78 is 31.6. The van der Waals surface area contributed by atoms with E-state index in [-0.39, 0.29) is 17.0 Å². The van der Waals surface area contributed by atoms with Crippen molar-refractivity contribution < 1.29 is 8.78 Å². The number of imidazole rings is 1. The van der Waals surface area contributed by atoms with Gasteiger partial charge in [0.2, 0.25) is 0 Å². The van der Waals surface area contributed by atoms with Gasteiger partial charge in [-0.2, -0.15) is 5.10 Å². The topological polar surface area (TPSA) is 48.5 Å². The quantitative estimate of drug-likeness (QED) is 0.439. The van der Waals surface area contributed by atoms with Crippen LogP contribution in [-0.2, 0) is 12.0 Å². The number of hydrogen-bond donors (Lipinski definition) is 0. The van der Waals surface area contributed by atoms with Crippen LogP contribution in [0.1, 0.15) is 48.2 Å². The highest BCUT2D eigenvalue weighted by molar-refractivity contribution is 5.67. The SMILES string of the molecule is Cc1cn(-c2ccc(/C=C/c3nc4n(n3)CCC[C@]4(C)c3ccc(F)cc3)cc2F)cn1. The lowest BCUT2D eigenvalue weighted by Gasteiger charge is -2.33. The minimum absolute atomic E-state index is 0.250. The Balaban J connectivity index is 1.42. The van der Waals surface area contributed by atoms with Gasteiger partial charge in [-0.3, -0.25) is 0 Å². The average molecular weight is 431 g/mol. The van der Waals surface area contributed by atoms with Crippen LogP contribution in [0.2, 0.25) is 0 Å². The van der Waals surface area contributed by atoms with E-state index >= 15 is 0 Å². The molecule has 32 heavy (non-hydrogen) atoms. The van der Waals surface area contributed by atoms with Crippen LogP contribution >= 0.6 is 0 Å². The number of fused-ring (bicyclic) bond motifs is 1. The lowest BCUT2D eigenvalue weighted by atomic mass is 9.76. The summed E-state index contributed by atoms with van der Waals surface area (Å²) in [5.74, 6) is 0.863. The Morgan fingerprint density at radius 1 is 1.06 bits per heavy atom. The van der Waals surface area contributed by atoms with Crippen molar-refractivity contribution in [3.63, 3.8) is 0 Å². The summed E-state index contributed by atoms with van der Waals surface area (Å²) in [5, 5.41) is 4.63. The van der Waals surface area contributed by atoms with Gasteiger partial charge in [-0.1, -0.05) is 24.3 Å². The van der Waals surface area contributed by atoms with E-state index < -0.39 is 0 Å². The Kier molecular flexibility index (Phi) is 4.96. The summed E-state index contributed by atoms with van der Waals surface area (Å²) in [7, 11) is 0. The Morgan fingerprint density at radius 3 is 2.59 bits per heavy atom. The molecule has 162 valence electrons. The minimum atomic E-state index is -0.332. The molecule has 1 atom stereocenters. The smallest absolute Gasteiger partial charge is 0.174 e. The van der Waals surface area contributed by atoms with Crippen molar-refractivity contribution in [2.45, 2.75) is 38.6 Å². The van der Waals surface area contributed by atoms with Crippen molar-refractivity contribution >= 4 is 12.2 Å². The van der Waals surface area contributed by atoms with Crippen LogP contribution in [0.15, 0.2) is 55.0 Å². The highest BCUT2D eigenvalue weighted by Crippen LogP contribution is 2.38. The minimum Gasteiger partial charge on any atom is -0.303 e. The third kappa shape index (κ3) is 3.64. The van der Waals surface area contributed by atoms with E-state index in [2.05, 4.69) is 17.0 Å².